The Morgan fingerprint density at radius 1 is 1.23 bits per heavy atom. The van der Waals surface area contributed by atoms with E-state index >= 15 is 0 Å². The minimum absolute atomic E-state index is 0.232. The van der Waals surface area contributed by atoms with Gasteiger partial charge in [-0.1, -0.05) is 18.2 Å². The van der Waals surface area contributed by atoms with E-state index < -0.39 is 0 Å². The summed E-state index contributed by atoms with van der Waals surface area (Å²) in [4.78, 5) is 16.5. The van der Waals surface area contributed by atoms with Crippen molar-refractivity contribution in [3.63, 3.8) is 0 Å². The van der Waals surface area contributed by atoms with E-state index in [9.17, 15) is 4.79 Å². The van der Waals surface area contributed by atoms with E-state index in [1.54, 1.807) is 5.06 Å². The van der Waals surface area contributed by atoms with Crippen molar-refractivity contribution in [3.8, 4) is 0 Å². The van der Waals surface area contributed by atoms with Gasteiger partial charge in [0.05, 0.1) is 12.3 Å². The molecule has 0 unspecified atom stereocenters. The number of nitrogens with zero attached hydrogens (tertiary/aromatic N) is 1. The van der Waals surface area contributed by atoms with Crippen LogP contribution in [0.2, 0.25) is 0 Å². The first-order chi connectivity index (χ1) is 6.36. The van der Waals surface area contributed by atoms with Crippen LogP contribution in [-0.2, 0) is 9.63 Å². The molecule has 0 atom stereocenters. The zero-order valence-corrected chi connectivity index (χ0v) is 7.27. The van der Waals surface area contributed by atoms with Crippen LogP contribution in [0.4, 0.5) is 5.69 Å². The average Bonchev–Trinajstić information content (AvgIpc) is 2.19. The number of carbonyl (C=O) groups is 1. The molecule has 1 aliphatic heterocycles. The molecular weight excluding hydrogens is 166 g/mol. The van der Waals surface area contributed by atoms with Crippen molar-refractivity contribution in [2.24, 2.45) is 0 Å². The quantitative estimate of drug-likeness (QED) is 0.649. The van der Waals surface area contributed by atoms with Gasteiger partial charge >= 0.3 is 0 Å². The van der Waals surface area contributed by atoms with Crippen LogP contribution in [0.1, 0.15) is 6.42 Å². The summed E-state index contributed by atoms with van der Waals surface area (Å²) in [5, 5.41) is 1.64. The summed E-state index contributed by atoms with van der Waals surface area (Å²) in [6.45, 7) is 0.859. The molecule has 0 aliphatic carbocycles. The molecule has 13 heavy (non-hydrogen) atoms. The lowest BCUT2D eigenvalue weighted by Crippen LogP contribution is -2.36. The Morgan fingerprint density at radius 3 is 2.69 bits per heavy atom. The van der Waals surface area contributed by atoms with Gasteiger partial charge < -0.3 is 0 Å². The highest BCUT2D eigenvalue weighted by molar-refractivity contribution is 5.83. The number of anilines is 1. The van der Waals surface area contributed by atoms with Crippen LogP contribution in [0, 0.1) is 0 Å². The standard InChI is InChI=1S/C10H11NO2/c12-10-6-7-13-11(8-10)9-4-2-1-3-5-9/h1-5H,6-8H2. The Balaban J connectivity index is 2.13. The molecule has 0 amide bonds. The molecule has 0 aromatic heterocycles. The van der Waals surface area contributed by atoms with Gasteiger partial charge in [-0.15, -0.1) is 0 Å². The molecule has 1 heterocycles. The highest BCUT2D eigenvalue weighted by Crippen LogP contribution is 2.16. The minimum Gasteiger partial charge on any atom is -0.298 e. The van der Waals surface area contributed by atoms with E-state index in [1.807, 2.05) is 30.3 Å². The van der Waals surface area contributed by atoms with Crippen molar-refractivity contribution < 1.29 is 9.63 Å². The van der Waals surface area contributed by atoms with Gasteiger partial charge in [0.15, 0.2) is 5.78 Å². The number of Topliss-reactive ketones (excluding diaryl/α,β-unsaturated/α-hetero) is 1. The summed E-state index contributed by atoms with van der Waals surface area (Å²) < 4.78 is 0. The predicted molar refractivity (Wildman–Crippen MR) is 49.4 cm³/mol. The highest BCUT2D eigenvalue weighted by Gasteiger charge is 2.17. The second-order valence-corrected chi connectivity index (χ2v) is 2.99. The maximum absolute atomic E-state index is 11.1. The molecule has 3 nitrogen and oxygen atoms in total. The first kappa shape index (κ1) is 8.26. The summed E-state index contributed by atoms with van der Waals surface area (Å²) in [6.07, 6.45) is 0.531. The summed E-state index contributed by atoms with van der Waals surface area (Å²) in [5.41, 5.74) is 0.940. The van der Waals surface area contributed by atoms with E-state index in [-0.39, 0.29) is 5.78 Å². The number of carbonyl (C=O) groups excluding carboxylic acids is 1. The first-order valence-electron chi connectivity index (χ1n) is 4.33. The lowest BCUT2D eigenvalue weighted by Gasteiger charge is -2.26. The van der Waals surface area contributed by atoms with Crippen molar-refractivity contribution in [3.05, 3.63) is 30.3 Å². The first-order valence-corrected chi connectivity index (χ1v) is 4.33. The number of ketones is 1. The van der Waals surface area contributed by atoms with Crippen LogP contribution in [0.15, 0.2) is 30.3 Å². The fourth-order valence-electron chi connectivity index (χ4n) is 1.31. The third kappa shape index (κ3) is 1.87. The fraction of sp³-hybridized carbons (Fsp3) is 0.300. The Morgan fingerprint density at radius 2 is 2.00 bits per heavy atom. The topological polar surface area (TPSA) is 29.5 Å². The average molecular weight is 177 g/mol. The van der Waals surface area contributed by atoms with Gasteiger partial charge in [-0.05, 0) is 12.1 Å². The van der Waals surface area contributed by atoms with Gasteiger partial charge in [0.2, 0.25) is 0 Å². The largest absolute Gasteiger partial charge is 0.298 e. The van der Waals surface area contributed by atoms with Gasteiger partial charge in [-0.2, -0.15) is 0 Å². The molecule has 1 aliphatic rings. The number of hydroxylamine groups is 1. The molecular formula is C10H11NO2. The van der Waals surface area contributed by atoms with Crippen LogP contribution in [0.5, 0.6) is 0 Å². The van der Waals surface area contributed by atoms with Crippen LogP contribution in [0.3, 0.4) is 0 Å². The highest BCUT2D eigenvalue weighted by atomic mass is 16.7. The van der Waals surface area contributed by atoms with E-state index in [0.29, 0.717) is 19.6 Å². The lowest BCUT2D eigenvalue weighted by atomic mass is 10.2. The summed E-state index contributed by atoms with van der Waals surface area (Å²) in [7, 11) is 0. The van der Waals surface area contributed by atoms with Crippen LogP contribution >= 0.6 is 0 Å². The normalized spacial score (nSPS) is 17.5. The minimum atomic E-state index is 0.232. The summed E-state index contributed by atoms with van der Waals surface area (Å²) >= 11 is 0. The Hall–Kier alpha value is -1.35. The van der Waals surface area contributed by atoms with Crippen molar-refractivity contribution >= 4 is 11.5 Å². The molecule has 1 aromatic carbocycles. The van der Waals surface area contributed by atoms with Crippen LogP contribution in [0.25, 0.3) is 0 Å². The second kappa shape index (κ2) is 3.58. The Labute approximate surface area is 76.9 Å². The molecule has 3 heteroatoms. The Kier molecular flexibility index (Phi) is 2.27. The van der Waals surface area contributed by atoms with Crippen molar-refractivity contribution in [1.29, 1.82) is 0 Å². The predicted octanol–water partition coefficient (Wildman–Crippen LogP) is 1.40. The van der Waals surface area contributed by atoms with Crippen molar-refractivity contribution in [2.45, 2.75) is 6.42 Å². The van der Waals surface area contributed by atoms with Gasteiger partial charge in [0.25, 0.3) is 0 Å². The fourth-order valence-corrected chi connectivity index (χ4v) is 1.31. The molecule has 0 N–H and O–H groups in total. The number of hydrogen-bond acceptors (Lipinski definition) is 3. The van der Waals surface area contributed by atoms with Gasteiger partial charge in [0, 0.05) is 6.42 Å². The third-order valence-corrected chi connectivity index (χ3v) is 1.99. The number of hydrogen-bond donors (Lipinski definition) is 0. The zero-order chi connectivity index (χ0) is 9.10. The lowest BCUT2D eigenvalue weighted by molar-refractivity contribution is -0.123. The molecule has 1 saturated heterocycles. The van der Waals surface area contributed by atoms with Gasteiger partial charge in [-0.25, -0.2) is 5.06 Å². The molecule has 1 aromatic rings. The molecule has 68 valence electrons. The SMILES string of the molecule is O=C1CCON(c2ccccc2)C1. The summed E-state index contributed by atoms with van der Waals surface area (Å²) in [5.74, 6) is 0.232. The van der Waals surface area contributed by atoms with E-state index in [2.05, 4.69) is 0 Å². The van der Waals surface area contributed by atoms with Crippen LogP contribution < -0.4 is 5.06 Å². The monoisotopic (exact) mass is 177 g/mol. The van der Waals surface area contributed by atoms with Gasteiger partial charge in [-0.3, -0.25) is 9.63 Å². The smallest absolute Gasteiger partial charge is 0.157 e. The molecule has 0 saturated carbocycles. The van der Waals surface area contributed by atoms with Crippen molar-refractivity contribution in [1.82, 2.24) is 0 Å². The van der Waals surface area contributed by atoms with E-state index in [4.69, 9.17) is 4.84 Å². The second-order valence-electron chi connectivity index (χ2n) is 2.99. The maximum Gasteiger partial charge on any atom is 0.157 e. The van der Waals surface area contributed by atoms with E-state index in [1.165, 1.54) is 0 Å². The molecule has 0 bridgehead atoms. The van der Waals surface area contributed by atoms with E-state index in [0.717, 1.165) is 5.69 Å². The maximum atomic E-state index is 11.1. The summed E-state index contributed by atoms with van der Waals surface area (Å²) in [6, 6.07) is 9.65. The third-order valence-electron chi connectivity index (χ3n) is 1.99. The number of benzene rings is 1. The van der Waals surface area contributed by atoms with Crippen molar-refractivity contribution in [2.75, 3.05) is 18.2 Å². The van der Waals surface area contributed by atoms with Gasteiger partial charge in [0.1, 0.15) is 6.54 Å². The number of para-hydroxylation sites is 1. The molecule has 0 spiro atoms. The zero-order valence-electron chi connectivity index (χ0n) is 7.27. The number of rotatable bonds is 1. The molecule has 2 rings (SSSR count). The Bertz CT molecular complexity index is 297. The molecule has 0 radical (unpaired) electrons. The molecule has 1 fully saturated rings. The van der Waals surface area contributed by atoms with Crippen LogP contribution in [-0.4, -0.2) is 18.9 Å².